The lowest BCUT2D eigenvalue weighted by atomic mass is 9.97. The van der Waals surface area contributed by atoms with Gasteiger partial charge in [0, 0.05) is 37.6 Å². The first kappa shape index (κ1) is 17.9. The quantitative estimate of drug-likeness (QED) is 0.852. The number of rotatable bonds is 4. The number of halogens is 3. The third kappa shape index (κ3) is 4.01. The predicted octanol–water partition coefficient (Wildman–Crippen LogP) is 1.81. The third-order valence-electron chi connectivity index (χ3n) is 4.85. The van der Waals surface area contributed by atoms with Crippen LogP contribution >= 0.6 is 11.3 Å². The first-order valence-electron chi connectivity index (χ1n) is 8.17. The smallest absolute Gasteiger partial charge is 0.395 e. The molecule has 0 spiro atoms. The van der Waals surface area contributed by atoms with Crippen molar-refractivity contribution in [2.45, 2.75) is 37.6 Å². The monoisotopic (exact) mass is 365 g/mol. The highest BCUT2D eigenvalue weighted by Gasteiger charge is 2.36. The standard InChI is InChI=1S/C15H22F3N3O2S/c16-15(17,18)13-9-24-14(19-13)21-3-1-10(7-21)6-20-4-2-12(23)5-11(20)8-22/h9-12,22-23H,1-8H2. The molecule has 2 aliphatic heterocycles. The topological polar surface area (TPSA) is 59.8 Å². The van der Waals surface area contributed by atoms with E-state index in [1.54, 1.807) is 0 Å². The molecule has 0 aliphatic carbocycles. The molecule has 2 fully saturated rings. The number of aliphatic hydroxyl groups is 2. The Balaban J connectivity index is 1.56. The molecule has 3 atom stereocenters. The minimum Gasteiger partial charge on any atom is -0.395 e. The Morgan fingerprint density at radius 3 is 2.75 bits per heavy atom. The van der Waals surface area contributed by atoms with Crippen LogP contribution in [0.2, 0.25) is 0 Å². The fourth-order valence-corrected chi connectivity index (χ4v) is 4.40. The van der Waals surface area contributed by atoms with E-state index in [1.807, 2.05) is 4.90 Å². The van der Waals surface area contributed by atoms with Crippen LogP contribution in [0.5, 0.6) is 0 Å². The summed E-state index contributed by atoms with van der Waals surface area (Å²) in [7, 11) is 0. The normalized spacial score (nSPS) is 29.4. The number of likely N-dealkylation sites (tertiary alicyclic amines) is 1. The Morgan fingerprint density at radius 2 is 2.08 bits per heavy atom. The molecule has 2 N–H and O–H groups in total. The molecule has 1 aromatic heterocycles. The van der Waals surface area contributed by atoms with Crippen molar-refractivity contribution >= 4 is 16.5 Å². The van der Waals surface area contributed by atoms with E-state index in [0.29, 0.717) is 37.0 Å². The van der Waals surface area contributed by atoms with E-state index in [0.717, 1.165) is 36.2 Å². The lowest BCUT2D eigenvalue weighted by molar-refractivity contribution is -0.140. The minimum atomic E-state index is -4.39. The second kappa shape index (κ2) is 7.15. The zero-order chi connectivity index (χ0) is 17.3. The van der Waals surface area contributed by atoms with Gasteiger partial charge < -0.3 is 15.1 Å². The van der Waals surface area contributed by atoms with Gasteiger partial charge in [0.2, 0.25) is 0 Å². The van der Waals surface area contributed by atoms with Crippen LogP contribution in [-0.2, 0) is 6.18 Å². The molecule has 0 bridgehead atoms. The van der Waals surface area contributed by atoms with E-state index in [2.05, 4.69) is 9.88 Å². The predicted molar refractivity (Wildman–Crippen MR) is 85.1 cm³/mol. The zero-order valence-electron chi connectivity index (χ0n) is 13.2. The molecular formula is C15H22F3N3O2S. The van der Waals surface area contributed by atoms with Crippen LogP contribution in [0.15, 0.2) is 5.38 Å². The van der Waals surface area contributed by atoms with E-state index in [-0.39, 0.29) is 18.8 Å². The Kier molecular flexibility index (Phi) is 5.33. The maximum Gasteiger partial charge on any atom is 0.434 e. The van der Waals surface area contributed by atoms with E-state index in [4.69, 9.17) is 0 Å². The molecule has 136 valence electrons. The lowest BCUT2D eigenvalue weighted by Gasteiger charge is -2.38. The van der Waals surface area contributed by atoms with Gasteiger partial charge in [-0.3, -0.25) is 4.90 Å². The van der Waals surface area contributed by atoms with Crippen molar-refractivity contribution in [3.8, 4) is 0 Å². The molecule has 24 heavy (non-hydrogen) atoms. The average Bonchev–Trinajstić information content (AvgIpc) is 3.17. The van der Waals surface area contributed by atoms with Gasteiger partial charge in [0.15, 0.2) is 10.8 Å². The molecule has 1 aromatic rings. The molecule has 2 aliphatic rings. The Bertz CT molecular complexity index is 554. The highest BCUT2D eigenvalue weighted by molar-refractivity contribution is 7.13. The summed E-state index contributed by atoms with van der Waals surface area (Å²) in [6.07, 6.45) is -2.56. The first-order chi connectivity index (χ1) is 11.4. The summed E-state index contributed by atoms with van der Waals surface area (Å²) in [6, 6.07) is -0.0282. The van der Waals surface area contributed by atoms with Crippen LogP contribution in [0.1, 0.15) is 25.0 Å². The summed E-state index contributed by atoms with van der Waals surface area (Å²) >= 11 is 1.04. The minimum absolute atomic E-state index is 0.0227. The molecule has 3 heterocycles. The van der Waals surface area contributed by atoms with Crippen LogP contribution in [0.25, 0.3) is 0 Å². The van der Waals surface area contributed by atoms with E-state index in [9.17, 15) is 23.4 Å². The van der Waals surface area contributed by atoms with Crippen molar-refractivity contribution in [1.82, 2.24) is 9.88 Å². The maximum absolute atomic E-state index is 12.7. The largest absolute Gasteiger partial charge is 0.434 e. The summed E-state index contributed by atoms with van der Waals surface area (Å²) in [5.41, 5.74) is -0.823. The number of aromatic nitrogens is 1. The highest BCUT2D eigenvalue weighted by atomic mass is 32.1. The fourth-order valence-electron chi connectivity index (χ4n) is 3.54. The Hall–Kier alpha value is -0.900. The SMILES string of the molecule is OCC1CC(O)CCN1CC1CCN(c2nc(C(F)(F)F)cs2)C1. The molecule has 3 unspecified atom stereocenters. The van der Waals surface area contributed by atoms with Crippen molar-refractivity contribution in [2.75, 3.05) is 37.7 Å². The average molecular weight is 365 g/mol. The van der Waals surface area contributed by atoms with Crippen LogP contribution in [0.3, 0.4) is 0 Å². The molecule has 0 aromatic carbocycles. The van der Waals surface area contributed by atoms with Gasteiger partial charge in [-0.1, -0.05) is 0 Å². The van der Waals surface area contributed by atoms with E-state index < -0.39 is 11.9 Å². The van der Waals surface area contributed by atoms with Crippen molar-refractivity contribution in [3.05, 3.63) is 11.1 Å². The summed E-state index contributed by atoms with van der Waals surface area (Å²) in [6.45, 7) is 2.96. The maximum atomic E-state index is 12.7. The molecule has 5 nitrogen and oxygen atoms in total. The number of piperidine rings is 1. The molecule has 0 radical (unpaired) electrons. The first-order valence-corrected chi connectivity index (χ1v) is 9.05. The van der Waals surface area contributed by atoms with Crippen molar-refractivity contribution in [3.63, 3.8) is 0 Å². The summed E-state index contributed by atoms with van der Waals surface area (Å²) < 4.78 is 38.0. The van der Waals surface area contributed by atoms with Crippen LogP contribution in [-0.4, -0.2) is 65.0 Å². The lowest BCUT2D eigenvalue weighted by Crippen LogP contribution is -2.48. The van der Waals surface area contributed by atoms with Gasteiger partial charge in [0.1, 0.15) is 0 Å². The van der Waals surface area contributed by atoms with Crippen LogP contribution < -0.4 is 4.90 Å². The molecule has 0 amide bonds. The van der Waals surface area contributed by atoms with Crippen LogP contribution in [0.4, 0.5) is 18.3 Å². The van der Waals surface area contributed by atoms with E-state index >= 15 is 0 Å². The van der Waals surface area contributed by atoms with Gasteiger partial charge in [0.05, 0.1) is 12.7 Å². The van der Waals surface area contributed by atoms with Crippen molar-refractivity contribution in [1.29, 1.82) is 0 Å². The number of anilines is 1. The number of hydrogen-bond acceptors (Lipinski definition) is 6. The van der Waals surface area contributed by atoms with Crippen LogP contribution in [0, 0.1) is 5.92 Å². The number of alkyl halides is 3. The van der Waals surface area contributed by atoms with E-state index in [1.165, 1.54) is 0 Å². The second-order valence-corrected chi connectivity index (χ2v) is 7.46. The Morgan fingerprint density at radius 1 is 1.29 bits per heavy atom. The van der Waals surface area contributed by atoms with Crippen molar-refractivity contribution in [2.24, 2.45) is 5.92 Å². The number of nitrogens with zero attached hydrogens (tertiary/aromatic N) is 3. The third-order valence-corrected chi connectivity index (χ3v) is 5.75. The van der Waals surface area contributed by atoms with Gasteiger partial charge in [-0.25, -0.2) is 4.98 Å². The molecule has 9 heteroatoms. The highest BCUT2D eigenvalue weighted by Crippen LogP contribution is 2.35. The summed E-state index contributed by atoms with van der Waals surface area (Å²) in [5, 5.41) is 20.7. The fraction of sp³-hybridized carbons (Fsp3) is 0.800. The molecule has 3 rings (SSSR count). The molecule has 2 saturated heterocycles. The van der Waals surface area contributed by atoms with Gasteiger partial charge in [-0.15, -0.1) is 11.3 Å². The second-order valence-electron chi connectivity index (χ2n) is 6.62. The van der Waals surface area contributed by atoms with Gasteiger partial charge >= 0.3 is 6.18 Å². The van der Waals surface area contributed by atoms with Crippen molar-refractivity contribution < 1.29 is 23.4 Å². The number of hydrogen-bond donors (Lipinski definition) is 2. The number of aliphatic hydroxyl groups excluding tert-OH is 2. The Labute approximate surface area is 142 Å². The van der Waals surface area contributed by atoms with Gasteiger partial charge in [0.25, 0.3) is 0 Å². The molecule has 0 saturated carbocycles. The zero-order valence-corrected chi connectivity index (χ0v) is 14.1. The summed E-state index contributed by atoms with van der Waals surface area (Å²) in [4.78, 5) is 7.83. The summed E-state index contributed by atoms with van der Waals surface area (Å²) in [5.74, 6) is 0.340. The molecular weight excluding hydrogens is 343 g/mol. The van der Waals surface area contributed by atoms with Gasteiger partial charge in [-0.05, 0) is 25.2 Å². The number of thiazole rings is 1. The van der Waals surface area contributed by atoms with Gasteiger partial charge in [-0.2, -0.15) is 13.2 Å².